The molecule has 0 aliphatic heterocycles. The van der Waals surface area contributed by atoms with Crippen LogP contribution in [0.1, 0.15) is 73.7 Å². The number of carbonyl (C=O) groups excluding carboxylic acids is 5. The number of likely N-dealkylation sites (N-methyl/N-ethyl adjacent to an activating group) is 1. The number of amides is 1. The number of ketones is 4. The van der Waals surface area contributed by atoms with E-state index in [2.05, 4.69) is 6.92 Å². The van der Waals surface area contributed by atoms with Crippen molar-refractivity contribution in [1.29, 1.82) is 0 Å². The van der Waals surface area contributed by atoms with Crippen LogP contribution in [0.15, 0.2) is 18.2 Å². The van der Waals surface area contributed by atoms with Crippen LogP contribution in [0.2, 0.25) is 0 Å². The van der Waals surface area contributed by atoms with Crippen molar-refractivity contribution in [3.05, 3.63) is 29.3 Å². The molecule has 4 rings (SSSR count). The van der Waals surface area contributed by atoms with Gasteiger partial charge in [-0.2, -0.15) is 0 Å². The van der Waals surface area contributed by atoms with Gasteiger partial charge in [-0.3, -0.25) is 28.9 Å². The lowest BCUT2D eigenvalue weighted by Crippen LogP contribution is -2.77. The monoisotopic (exact) mass is 542 g/mol. The van der Waals surface area contributed by atoms with Crippen molar-refractivity contribution in [2.45, 2.75) is 75.5 Å². The van der Waals surface area contributed by atoms with Crippen LogP contribution in [0, 0.1) is 23.7 Å². The molecule has 3 aliphatic rings. The first-order chi connectivity index (χ1) is 18.4. The lowest BCUT2D eigenvalue weighted by atomic mass is 9.49. The zero-order valence-corrected chi connectivity index (χ0v) is 22.6. The lowest BCUT2D eigenvalue weighted by Gasteiger charge is -2.56. The third kappa shape index (κ3) is 4.42. The maximum Gasteiger partial charge on any atom is 0.235 e. The molecule has 1 aromatic rings. The number of fused-ring (bicyclic) bond motifs is 3. The summed E-state index contributed by atoms with van der Waals surface area (Å²) in [7, 11) is 2.96. The van der Waals surface area contributed by atoms with Gasteiger partial charge in [-0.1, -0.05) is 57.6 Å². The van der Waals surface area contributed by atoms with Gasteiger partial charge in [0.15, 0.2) is 34.7 Å². The van der Waals surface area contributed by atoms with Gasteiger partial charge in [0, 0.05) is 5.92 Å². The Bertz CT molecular complexity index is 1200. The van der Waals surface area contributed by atoms with Gasteiger partial charge >= 0.3 is 0 Å². The molecule has 0 radical (unpaired) electrons. The fourth-order valence-corrected chi connectivity index (χ4v) is 7.26. The van der Waals surface area contributed by atoms with Gasteiger partial charge in [-0.25, -0.2) is 0 Å². The normalized spacial score (nSPS) is 34.1. The molecule has 5 N–H and O–H groups in total. The molecular formula is C29H38N2O8. The average Bonchev–Trinajstić information content (AvgIpc) is 2.87. The van der Waals surface area contributed by atoms with Gasteiger partial charge in [0.25, 0.3) is 0 Å². The van der Waals surface area contributed by atoms with Crippen molar-refractivity contribution in [3.8, 4) is 5.75 Å². The first-order valence-corrected chi connectivity index (χ1v) is 13.8. The molecule has 39 heavy (non-hydrogen) atoms. The molecule has 0 aromatic heterocycles. The lowest BCUT2D eigenvalue weighted by molar-refractivity contribution is -0.197. The minimum absolute atomic E-state index is 0.0627. The van der Waals surface area contributed by atoms with Crippen molar-refractivity contribution < 1.29 is 39.3 Å². The summed E-state index contributed by atoms with van der Waals surface area (Å²) in [4.78, 5) is 68.1. The summed E-state index contributed by atoms with van der Waals surface area (Å²) in [6.45, 7) is 2.12. The SMILES string of the molecule is CCCCCCCC[C@@H]1c2cccc(O)c2C(=O)C2C(=O)[C@@]3(O)C(=O)C(C(N)=O)C(=O)[C@H](N(C)C)[C@H]3[C@H](O)[C@H]21. The van der Waals surface area contributed by atoms with Crippen LogP contribution in [-0.2, 0) is 19.2 Å². The minimum atomic E-state index is -2.98. The van der Waals surface area contributed by atoms with Gasteiger partial charge in [0.2, 0.25) is 5.91 Å². The molecule has 10 heteroatoms. The predicted octanol–water partition coefficient (Wildman–Crippen LogP) is 1.13. The van der Waals surface area contributed by atoms with Crippen molar-refractivity contribution >= 4 is 29.0 Å². The molecule has 10 nitrogen and oxygen atoms in total. The third-order valence-electron chi connectivity index (χ3n) is 9.02. The predicted molar refractivity (Wildman–Crippen MR) is 140 cm³/mol. The number of benzene rings is 1. The Hall–Kier alpha value is -2.95. The second kappa shape index (κ2) is 10.9. The van der Waals surface area contributed by atoms with E-state index in [9.17, 15) is 39.3 Å². The number of rotatable bonds is 9. The van der Waals surface area contributed by atoms with Gasteiger partial charge in [0.05, 0.1) is 29.5 Å². The molecule has 0 spiro atoms. The number of nitrogens with zero attached hydrogens (tertiary/aromatic N) is 1. The summed E-state index contributed by atoms with van der Waals surface area (Å²) >= 11 is 0. The van der Waals surface area contributed by atoms with Crippen LogP contribution < -0.4 is 5.73 Å². The molecule has 2 saturated carbocycles. The van der Waals surface area contributed by atoms with Crippen LogP contribution in [-0.4, -0.2) is 81.1 Å². The van der Waals surface area contributed by atoms with Crippen LogP contribution in [0.25, 0.3) is 0 Å². The topological polar surface area (TPSA) is 175 Å². The van der Waals surface area contributed by atoms with E-state index in [4.69, 9.17) is 5.73 Å². The molecular weight excluding hydrogens is 504 g/mol. The summed E-state index contributed by atoms with van der Waals surface area (Å²) in [6.07, 6.45) is 4.80. The molecule has 2 unspecified atom stereocenters. The number of aliphatic hydroxyl groups excluding tert-OH is 1. The molecule has 0 saturated heterocycles. The highest BCUT2D eigenvalue weighted by atomic mass is 16.3. The second-order valence-corrected chi connectivity index (χ2v) is 11.5. The van der Waals surface area contributed by atoms with E-state index in [1.165, 1.54) is 25.1 Å². The summed E-state index contributed by atoms with van der Waals surface area (Å²) in [5.41, 5.74) is 2.80. The Morgan fingerprint density at radius 3 is 2.28 bits per heavy atom. The Kier molecular flexibility index (Phi) is 8.12. The number of phenolic OH excluding ortho intramolecular Hbond substituents is 1. The fraction of sp³-hybridized carbons (Fsp3) is 0.621. The fourth-order valence-electron chi connectivity index (χ4n) is 7.26. The number of primary amides is 1. The molecule has 0 bridgehead atoms. The minimum Gasteiger partial charge on any atom is -0.507 e. The Morgan fingerprint density at radius 2 is 1.67 bits per heavy atom. The number of carbonyl (C=O) groups is 5. The van der Waals surface area contributed by atoms with E-state index >= 15 is 0 Å². The number of aliphatic hydroxyl groups is 2. The second-order valence-electron chi connectivity index (χ2n) is 11.5. The van der Waals surface area contributed by atoms with Crippen molar-refractivity contribution in [3.63, 3.8) is 0 Å². The van der Waals surface area contributed by atoms with Gasteiger partial charge in [0.1, 0.15) is 5.75 Å². The molecule has 1 aromatic carbocycles. The van der Waals surface area contributed by atoms with E-state index in [-0.39, 0.29) is 11.3 Å². The molecule has 0 heterocycles. The Morgan fingerprint density at radius 1 is 1.03 bits per heavy atom. The number of aromatic hydroxyl groups is 1. The molecule has 1 amide bonds. The van der Waals surface area contributed by atoms with E-state index < -0.39 is 76.4 Å². The maximum atomic E-state index is 14.1. The van der Waals surface area contributed by atoms with Crippen molar-refractivity contribution in [1.82, 2.24) is 4.90 Å². The van der Waals surface area contributed by atoms with Crippen molar-refractivity contribution in [2.75, 3.05) is 14.1 Å². The van der Waals surface area contributed by atoms with Crippen LogP contribution in [0.4, 0.5) is 0 Å². The van der Waals surface area contributed by atoms with E-state index in [0.717, 1.165) is 38.5 Å². The van der Waals surface area contributed by atoms with E-state index in [1.54, 1.807) is 12.1 Å². The summed E-state index contributed by atoms with van der Waals surface area (Å²) in [5.74, 6) is -12.8. The first-order valence-electron chi connectivity index (χ1n) is 13.8. The number of phenols is 1. The van der Waals surface area contributed by atoms with E-state index in [0.29, 0.717) is 12.0 Å². The molecule has 8 atom stereocenters. The summed E-state index contributed by atoms with van der Waals surface area (Å²) in [5, 5.41) is 34.2. The number of hydrogen-bond donors (Lipinski definition) is 4. The Balaban J connectivity index is 1.83. The van der Waals surface area contributed by atoms with Gasteiger partial charge in [-0.15, -0.1) is 0 Å². The standard InChI is InChI=1S/C29H38N2O8/c1-4-5-6-7-8-9-11-15-14-12-10-13-16(32)17(14)23(33)19-18(15)24(34)21-22(31(2)3)25(35)20(28(30)38)27(37)29(21,39)26(19)36/h10,12-13,15,18-22,24,32,34,39H,4-9,11H2,1-3H3,(H2,30,38)/t15-,18+,19?,20?,21+,22-,24-,29-/m1/s1. The number of Topliss-reactive ketones (excluding diaryl/α,β-unsaturated/α-hetero) is 4. The smallest absolute Gasteiger partial charge is 0.235 e. The van der Waals surface area contributed by atoms with Gasteiger partial charge in [-0.05, 0) is 38.1 Å². The summed E-state index contributed by atoms with van der Waals surface area (Å²) < 4.78 is 0. The number of nitrogens with two attached hydrogens (primary N) is 1. The molecule has 3 aliphatic carbocycles. The van der Waals surface area contributed by atoms with E-state index in [1.807, 2.05) is 0 Å². The van der Waals surface area contributed by atoms with Crippen LogP contribution in [0.3, 0.4) is 0 Å². The third-order valence-corrected chi connectivity index (χ3v) is 9.02. The zero-order chi connectivity index (χ0) is 28.8. The van der Waals surface area contributed by atoms with Crippen LogP contribution >= 0.6 is 0 Å². The first kappa shape index (κ1) is 29.0. The Labute approximate surface area is 227 Å². The molecule has 2 fully saturated rings. The van der Waals surface area contributed by atoms with Crippen LogP contribution in [0.5, 0.6) is 5.75 Å². The van der Waals surface area contributed by atoms with Crippen molar-refractivity contribution in [2.24, 2.45) is 29.4 Å². The number of unbranched alkanes of at least 4 members (excludes halogenated alkanes) is 5. The highest BCUT2D eigenvalue weighted by molar-refractivity contribution is 6.32. The van der Waals surface area contributed by atoms with Gasteiger partial charge < -0.3 is 21.1 Å². The molecule has 212 valence electrons. The number of hydrogen-bond acceptors (Lipinski definition) is 9. The average molecular weight is 543 g/mol. The highest BCUT2D eigenvalue weighted by Crippen LogP contribution is 2.55. The highest BCUT2D eigenvalue weighted by Gasteiger charge is 2.73. The summed E-state index contributed by atoms with van der Waals surface area (Å²) in [6, 6.07) is 3.24. The maximum absolute atomic E-state index is 14.1. The zero-order valence-electron chi connectivity index (χ0n) is 22.6. The largest absolute Gasteiger partial charge is 0.507 e. The quantitative estimate of drug-likeness (QED) is 0.263.